The van der Waals surface area contributed by atoms with Gasteiger partial charge in [0.05, 0.1) is 13.7 Å². The van der Waals surface area contributed by atoms with E-state index in [1.807, 2.05) is 31.2 Å². The maximum atomic E-state index is 13.2. The van der Waals surface area contributed by atoms with E-state index >= 15 is 0 Å². The van der Waals surface area contributed by atoms with Gasteiger partial charge < -0.3 is 19.9 Å². The Balaban J connectivity index is 1.69. The molecule has 7 nitrogen and oxygen atoms in total. The van der Waals surface area contributed by atoms with E-state index in [2.05, 4.69) is 25.2 Å². The summed E-state index contributed by atoms with van der Waals surface area (Å²) >= 11 is 0. The second kappa shape index (κ2) is 9.27. The number of guanidine groups is 1. The molecule has 0 unspecified atom stereocenters. The summed E-state index contributed by atoms with van der Waals surface area (Å²) in [5.41, 5.74) is 0.268. The summed E-state index contributed by atoms with van der Waals surface area (Å²) < 4.78 is 46.0. The number of ether oxygens (including phenoxy) is 1. The second-order valence-electron chi connectivity index (χ2n) is 7.02. The number of alkyl halides is 3. The van der Waals surface area contributed by atoms with Crippen LogP contribution in [0.5, 0.6) is 5.75 Å². The lowest BCUT2D eigenvalue weighted by atomic mass is 10.2. The van der Waals surface area contributed by atoms with Crippen LogP contribution in [0.25, 0.3) is 0 Å². The van der Waals surface area contributed by atoms with Gasteiger partial charge in [0, 0.05) is 63.3 Å². The molecule has 0 spiro atoms. The minimum Gasteiger partial charge on any atom is -0.497 e. The van der Waals surface area contributed by atoms with Gasteiger partial charge in [0.1, 0.15) is 5.75 Å². The molecule has 0 amide bonds. The largest absolute Gasteiger partial charge is 0.497 e. The molecular formula is C20H27F3N6O. The monoisotopic (exact) mass is 424 g/mol. The zero-order valence-electron chi connectivity index (χ0n) is 17.4. The molecule has 2 aromatic rings. The van der Waals surface area contributed by atoms with Crippen LogP contribution >= 0.6 is 0 Å². The quantitative estimate of drug-likeness (QED) is 0.591. The van der Waals surface area contributed by atoms with Crippen LogP contribution in [-0.2, 0) is 19.8 Å². The number of hydrogen-bond donors (Lipinski definition) is 1. The number of hydrogen-bond acceptors (Lipinski definition) is 4. The number of aliphatic imine (C=N–C) groups is 1. The minimum atomic E-state index is -4.49. The first-order valence-electron chi connectivity index (χ1n) is 9.83. The molecule has 1 aliphatic rings. The molecule has 1 aromatic heterocycles. The highest BCUT2D eigenvalue weighted by Gasteiger charge is 2.36. The first-order chi connectivity index (χ1) is 14.3. The molecule has 164 valence electrons. The van der Waals surface area contributed by atoms with Crippen molar-refractivity contribution in [2.24, 2.45) is 12.0 Å². The van der Waals surface area contributed by atoms with E-state index in [-0.39, 0.29) is 12.1 Å². The molecule has 10 heteroatoms. The molecule has 0 atom stereocenters. The average Bonchev–Trinajstić information content (AvgIpc) is 3.12. The Labute approximate surface area is 174 Å². The van der Waals surface area contributed by atoms with Crippen LogP contribution in [0.3, 0.4) is 0 Å². The van der Waals surface area contributed by atoms with Gasteiger partial charge in [0.25, 0.3) is 0 Å². The van der Waals surface area contributed by atoms with E-state index in [9.17, 15) is 13.2 Å². The van der Waals surface area contributed by atoms with Gasteiger partial charge in [-0.3, -0.25) is 4.68 Å². The summed E-state index contributed by atoms with van der Waals surface area (Å²) in [7, 11) is 3.12. The fourth-order valence-electron chi connectivity index (χ4n) is 3.46. The fourth-order valence-corrected chi connectivity index (χ4v) is 3.46. The molecule has 1 N–H and O–H groups in total. The number of benzene rings is 1. The Bertz CT molecular complexity index is 872. The topological polar surface area (TPSA) is 57.9 Å². The predicted octanol–water partition coefficient (Wildman–Crippen LogP) is 2.74. The van der Waals surface area contributed by atoms with Gasteiger partial charge in [0.2, 0.25) is 0 Å². The highest BCUT2D eigenvalue weighted by Crippen LogP contribution is 2.31. The molecule has 2 heterocycles. The summed E-state index contributed by atoms with van der Waals surface area (Å²) in [5.74, 6) is 1.42. The lowest BCUT2D eigenvalue weighted by Crippen LogP contribution is -2.52. The van der Waals surface area contributed by atoms with Gasteiger partial charge in [-0.05, 0) is 19.1 Å². The SMILES string of the molecule is CCNC(=NCc1cn(C)nc1C(F)(F)F)N1CCN(c2cccc(OC)c2)CC1. The van der Waals surface area contributed by atoms with Crippen LogP contribution < -0.4 is 15.0 Å². The minimum absolute atomic E-state index is 0.0652. The summed E-state index contributed by atoms with van der Waals surface area (Å²) in [6.45, 7) is 5.46. The third kappa shape index (κ3) is 5.17. The lowest BCUT2D eigenvalue weighted by molar-refractivity contribution is -0.142. The maximum Gasteiger partial charge on any atom is 0.435 e. The number of rotatable bonds is 5. The number of methoxy groups -OCH3 is 1. The lowest BCUT2D eigenvalue weighted by Gasteiger charge is -2.37. The average molecular weight is 424 g/mol. The Morgan fingerprint density at radius 3 is 2.60 bits per heavy atom. The van der Waals surface area contributed by atoms with Gasteiger partial charge in [-0.2, -0.15) is 18.3 Å². The fraction of sp³-hybridized carbons (Fsp3) is 0.500. The summed E-state index contributed by atoms with van der Waals surface area (Å²) in [5, 5.41) is 6.74. The van der Waals surface area contributed by atoms with Crippen LogP contribution in [0.15, 0.2) is 35.5 Å². The van der Waals surface area contributed by atoms with Gasteiger partial charge in [0.15, 0.2) is 11.7 Å². The van der Waals surface area contributed by atoms with E-state index in [1.54, 1.807) is 7.11 Å². The van der Waals surface area contributed by atoms with E-state index < -0.39 is 11.9 Å². The zero-order chi connectivity index (χ0) is 21.7. The highest BCUT2D eigenvalue weighted by molar-refractivity contribution is 5.80. The molecule has 30 heavy (non-hydrogen) atoms. The highest BCUT2D eigenvalue weighted by atomic mass is 19.4. The smallest absolute Gasteiger partial charge is 0.435 e. The van der Waals surface area contributed by atoms with Crippen LogP contribution in [0, 0.1) is 0 Å². The summed E-state index contributed by atoms with van der Waals surface area (Å²) in [6.07, 6.45) is -3.12. The van der Waals surface area contributed by atoms with Crippen molar-refractivity contribution in [2.45, 2.75) is 19.6 Å². The third-order valence-electron chi connectivity index (χ3n) is 4.90. The number of nitrogens with zero attached hydrogens (tertiary/aromatic N) is 5. The Kier molecular flexibility index (Phi) is 6.73. The first-order valence-corrected chi connectivity index (χ1v) is 9.83. The molecule has 0 radical (unpaired) electrons. The van der Waals surface area contributed by atoms with Crippen LogP contribution in [-0.4, -0.2) is 60.5 Å². The molecule has 0 saturated carbocycles. The third-order valence-corrected chi connectivity index (χ3v) is 4.90. The van der Waals surface area contributed by atoms with Crippen molar-refractivity contribution in [1.82, 2.24) is 20.0 Å². The van der Waals surface area contributed by atoms with Crippen LogP contribution in [0.1, 0.15) is 18.2 Å². The first kappa shape index (κ1) is 21.8. The van der Waals surface area contributed by atoms with Crippen molar-refractivity contribution in [3.63, 3.8) is 0 Å². The molecule has 1 aromatic carbocycles. The number of nitrogens with one attached hydrogen (secondary N) is 1. The van der Waals surface area contributed by atoms with Crippen molar-refractivity contribution in [3.05, 3.63) is 41.7 Å². The van der Waals surface area contributed by atoms with Crippen molar-refractivity contribution >= 4 is 11.6 Å². The molecule has 0 bridgehead atoms. The summed E-state index contributed by atoms with van der Waals surface area (Å²) in [6, 6.07) is 7.90. The normalized spacial score (nSPS) is 15.5. The number of aryl methyl sites for hydroxylation is 1. The Morgan fingerprint density at radius 2 is 1.97 bits per heavy atom. The van der Waals surface area contributed by atoms with Crippen molar-refractivity contribution < 1.29 is 17.9 Å². The van der Waals surface area contributed by atoms with Crippen molar-refractivity contribution in [3.8, 4) is 5.75 Å². The second-order valence-corrected chi connectivity index (χ2v) is 7.02. The predicted molar refractivity (Wildman–Crippen MR) is 110 cm³/mol. The molecular weight excluding hydrogens is 397 g/mol. The zero-order valence-corrected chi connectivity index (χ0v) is 17.4. The van der Waals surface area contributed by atoms with E-state index in [0.717, 1.165) is 24.5 Å². The van der Waals surface area contributed by atoms with E-state index in [0.29, 0.717) is 25.6 Å². The number of anilines is 1. The number of halogens is 3. The molecule has 1 aliphatic heterocycles. The molecule has 1 saturated heterocycles. The van der Waals surface area contributed by atoms with Crippen LogP contribution in [0.4, 0.5) is 18.9 Å². The van der Waals surface area contributed by atoms with E-state index in [1.165, 1.54) is 17.9 Å². The summed E-state index contributed by atoms with van der Waals surface area (Å²) in [4.78, 5) is 8.79. The Hall–Kier alpha value is -2.91. The maximum absolute atomic E-state index is 13.2. The van der Waals surface area contributed by atoms with Crippen molar-refractivity contribution in [2.75, 3.05) is 44.7 Å². The van der Waals surface area contributed by atoms with Gasteiger partial charge in [-0.15, -0.1) is 0 Å². The van der Waals surface area contributed by atoms with Gasteiger partial charge >= 0.3 is 6.18 Å². The van der Waals surface area contributed by atoms with Crippen molar-refractivity contribution in [1.29, 1.82) is 0 Å². The number of aromatic nitrogens is 2. The Morgan fingerprint density at radius 1 is 1.23 bits per heavy atom. The van der Waals surface area contributed by atoms with E-state index in [4.69, 9.17) is 4.74 Å². The van der Waals surface area contributed by atoms with Gasteiger partial charge in [-0.1, -0.05) is 6.07 Å². The molecule has 1 fully saturated rings. The van der Waals surface area contributed by atoms with Crippen LogP contribution in [0.2, 0.25) is 0 Å². The van der Waals surface area contributed by atoms with Gasteiger partial charge in [-0.25, -0.2) is 4.99 Å². The number of piperazine rings is 1. The molecule has 3 rings (SSSR count). The molecule has 0 aliphatic carbocycles. The standard InChI is InChI=1S/C20H27F3N6O/c1-4-24-19(25-13-15-14-27(2)26-18(15)20(21,22)23)29-10-8-28(9-11-29)16-6-5-7-17(12-16)30-3/h5-7,12,14H,4,8-11,13H2,1-3H3,(H,24,25).